The molecule has 0 fully saturated rings. The second kappa shape index (κ2) is 6.46. The first-order chi connectivity index (χ1) is 7.19. The highest BCUT2D eigenvalue weighted by Crippen LogP contribution is 2.31. The van der Waals surface area contributed by atoms with E-state index < -0.39 is 41.1 Å². The van der Waals surface area contributed by atoms with Crippen molar-refractivity contribution in [2.75, 3.05) is 5.75 Å². The smallest absolute Gasteiger partial charge is 0.390 e. The minimum atomic E-state index is -4.45. The molecule has 3 atom stereocenters. The molecule has 0 amide bonds. The number of Topliss-reactive ketones (excluding diaryl/α,β-unsaturated/α-hetero) is 1. The highest BCUT2D eigenvalue weighted by molar-refractivity contribution is 8.00. The molecule has 0 saturated carbocycles. The lowest BCUT2D eigenvalue weighted by molar-refractivity contribution is -0.128. The van der Waals surface area contributed by atoms with Gasteiger partial charge in [0.1, 0.15) is 5.78 Å². The molecule has 16 heavy (non-hydrogen) atoms. The molecule has 0 aromatic rings. The number of aliphatic hydroxyl groups excluding tert-OH is 2. The highest BCUT2D eigenvalue weighted by Gasteiger charge is 2.33. The van der Waals surface area contributed by atoms with Crippen LogP contribution in [0.25, 0.3) is 0 Å². The molecule has 0 aromatic heterocycles. The molecule has 0 spiro atoms. The van der Waals surface area contributed by atoms with Crippen LogP contribution in [0.4, 0.5) is 13.2 Å². The maximum absolute atomic E-state index is 11.8. The molecule has 0 aromatic carbocycles. The molecular weight excluding hydrogens is 245 g/mol. The third-order valence-corrected chi connectivity index (χ3v) is 3.02. The average Bonchev–Trinajstić information content (AvgIpc) is 2.21. The van der Waals surface area contributed by atoms with Gasteiger partial charge in [-0.15, -0.1) is 0 Å². The van der Waals surface area contributed by atoms with E-state index in [1.165, 1.54) is 6.92 Å². The fraction of sp³-hybridized carbons (Fsp3) is 0.889. The lowest BCUT2D eigenvalue weighted by Crippen LogP contribution is -2.38. The van der Waals surface area contributed by atoms with Crippen LogP contribution in [0.2, 0.25) is 0 Å². The minimum absolute atomic E-state index is 0.178. The maximum Gasteiger partial charge on any atom is 0.441 e. The van der Waals surface area contributed by atoms with Gasteiger partial charge in [0.25, 0.3) is 0 Å². The SMILES string of the molecule is CCC(=O)C(C)C(O)C(O)CSC(F)(F)F. The van der Waals surface area contributed by atoms with Crippen molar-refractivity contribution in [2.45, 2.75) is 38.0 Å². The van der Waals surface area contributed by atoms with E-state index in [0.29, 0.717) is 0 Å². The Morgan fingerprint density at radius 2 is 1.88 bits per heavy atom. The van der Waals surface area contributed by atoms with E-state index in [1.807, 2.05) is 0 Å². The van der Waals surface area contributed by atoms with E-state index in [0.717, 1.165) is 0 Å². The zero-order valence-electron chi connectivity index (χ0n) is 8.99. The van der Waals surface area contributed by atoms with Gasteiger partial charge < -0.3 is 10.2 Å². The lowest BCUT2D eigenvalue weighted by Gasteiger charge is -2.22. The van der Waals surface area contributed by atoms with Crippen LogP contribution in [-0.4, -0.2) is 39.5 Å². The van der Waals surface area contributed by atoms with Crippen molar-refractivity contribution in [3.63, 3.8) is 0 Å². The van der Waals surface area contributed by atoms with Gasteiger partial charge in [0.05, 0.1) is 12.2 Å². The van der Waals surface area contributed by atoms with Crippen molar-refractivity contribution in [1.29, 1.82) is 0 Å². The van der Waals surface area contributed by atoms with Crippen molar-refractivity contribution in [1.82, 2.24) is 0 Å². The van der Waals surface area contributed by atoms with Gasteiger partial charge in [-0.2, -0.15) is 13.2 Å². The molecule has 0 saturated heterocycles. The van der Waals surface area contributed by atoms with Crippen molar-refractivity contribution in [2.24, 2.45) is 5.92 Å². The van der Waals surface area contributed by atoms with E-state index in [-0.39, 0.29) is 12.2 Å². The summed E-state index contributed by atoms with van der Waals surface area (Å²) < 4.78 is 35.4. The zero-order chi connectivity index (χ0) is 12.9. The van der Waals surface area contributed by atoms with Crippen LogP contribution >= 0.6 is 11.8 Å². The van der Waals surface area contributed by atoms with Crippen LogP contribution in [0, 0.1) is 5.92 Å². The Bertz CT molecular complexity index is 233. The van der Waals surface area contributed by atoms with Gasteiger partial charge in [-0.05, 0) is 11.8 Å². The summed E-state index contributed by atoms with van der Waals surface area (Å²) in [4.78, 5) is 11.2. The fourth-order valence-corrected chi connectivity index (χ4v) is 1.68. The Balaban J connectivity index is 4.17. The zero-order valence-corrected chi connectivity index (χ0v) is 9.81. The molecule has 0 radical (unpaired) electrons. The van der Waals surface area contributed by atoms with Gasteiger partial charge >= 0.3 is 5.51 Å². The van der Waals surface area contributed by atoms with Crippen LogP contribution in [0.5, 0.6) is 0 Å². The highest BCUT2D eigenvalue weighted by atomic mass is 32.2. The number of thioether (sulfide) groups is 1. The normalized spacial score (nSPS) is 17.9. The number of hydrogen-bond acceptors (Lipinski definition) is 4. The minimum Gasteiger partial charge on any atom is -0.390 e. The third-order valence-electron chi connectivity index (χ3n) is 2.18. The van der Waals surface area contributed by atoms with Crippen LogP contribution in [0.3, 0.4) is 0 Å². The first-order valence-corrected chi connectivity index (χ1v) is 5.77. The second-order valence-electron chi connectivity index (χ2n) is 3.42. The molecule has 3 unspecified atom stereocenters. The summed E-state index contributed by atoms with van der Waals surface area (Å²) in [7, 11) is 0. The molecule has 3 nitrogen and oxygen atoms in total. The van der Waals surface area contributed by atoms with Gasteiger partial charge in [-0.3, -0.25) is 4.79 Å². The number of aliphatic hydroxyl groups is 2. The average molecular weight is 260 g/mol. The van der Waals surface area contributed by atoms with E-state index >= 15 is 0 Å². The van der Waals surface area contributed by atoms with Crippen LogP contribution < -0.4 is 0 Å². The number of ketones is 1. The summed E-state index contributed by atoms with van der Waals surface area (Å²) in [6.07, 6.45) is -2.84. The molecule has 0 rings (SSSR count). The first kappa shape index (κ1) is 15.7. The molecular formula is C9H15F3O3S. The topological polar surface area (TPSA) is 57.5 Å². The van der Waals surface area contributed by atoms with Crippen molar-refractivity contribution in [3.8, 4) is 0 Å². The van der Waals surface area contributed by atoms with Crippen molar-refractivity contribution in [3.05, 3.63) is 0 Å². The Morgan fingerprint density at radius 1 is 1.38 bits per heavy atom. The predicted octanol–water partition coefficient (Wildman–Crippen LogP) is 1.58. The molecule has 0 aliphatic heterocycles. The Hall–Kier alpha value is -0.270. The Kier molecular flexibility index (Phi) is 6.35. The van der Waals surface area contributed by atoms with Crippen LogP contribution in [0.15, 0.2) is 0 Å². The molecule has 2 N–H and O–H groups in total. The number of hydrogen-bond donors (Lipinski definition) is 2. The van der Waals surface area contributed by atoms with E-state index in [2.05, 4.69) is 0 Å². The molecule has 0 aliphatic rings. The van der Waals surface area contributed by atoms with E-state index in [9.17, 15) is 28.2 Å². The van der Waals surface area contributed by atoms with Gasteiger partial charge in [-0.1, -0.05) is 13.8 Å². The number of rotatable bonds is 6. The van der Waals surface area contributed by atoms with Crippen molar-refractivity contribution < 1.29 is 28.2 Å². The summed E-state index contributed by atoms with van der Waals surface area (Å²) in [5.74, 6) is -1.82. The number of halogens is 3. The number of alkyl halides is 3. The van der Waals surface area contributed by atoms with Gasteiger partial charge in [-0.25, -0.2) is 0 Å². The number of carbonyl (C=O) groups excluding carboxylic acids is 1. The monoisotopic (exact) mass is 260 g/mol. The van der Waals surface area contributed by atoms with Gasteiger partial charge in [0, 0.05) is 18.1 Å². The predicted molar refractivity (Wildman–Crippen MR) is 55.0 cm³/mol. The first-order valence-electron chi connectivity index (χ1n) is 4.78. The summed E-state index contributed by atoms with van der Waals surface area (Å²) in [5.41, 5.74) is -4.45. The van der Waals surface area contributed by atoms with E-state index in [1.54, 1.807) is 6.92 Å². The largest absolute Gasteiger partial charge is 0.441 e. The molecule has 0 aliphatic carbocycles. The standard InChI is InChI=1S/C9H15F3O3S/c1-3-6(13)5(2)8(15)7(14)4-16-9(10,11)12/h5,7-8,14-15H,3-4H2,1-2H3. The van der Waals surface area contributed by atoms with Crippen LogP contribution in [-0.2, 0) is 4.79 Å². The lowest BCUT2D eigenvalue weighted by atomic mass is 9.95. The Morgan fingerprint density at radius 3 is 2.25 bits per heavy atom. The van der Waals surface area contributed by atoms with E-state index in [4.69, 9.17) is 0 Å². The van der Waals surface area contributed by atoms with Gasteiger partial charge in [0.2, 0.25) is 0 Å². The maximum atomic E-state index is 11.8. The van der Waals surface area contributed by atoms with Gasteiger partial charge in [0.15, 0.2) is 0 Å². The fourth-order valence-electron chi connectivity index (χ4n) is 1.12. The third kappa shape index (κ3) is 5.72. The Labute approximate surface area is 96.0 Å². The van der Waals surface area contributed by atoms with Crippen molar-refractivity contribution >= 4 is 17.5 Å². The number of carbonyl (C=O) groups is 1. The summed E-state index contributed by atoms with van der Waals surface area (Å²) in [6.45, 7) is 2.97. The molecule has 0 heterocycles. The molecule has 0 bridgehead atoms. The molecule has 96 valence electrons. The summed E-state index contributed by atoms with van der Waals surface area (Å²) in [6, 6.07) is 0. The molecule has 7 heteroatoms. The van der Waals surface area contributed by atoms with Crippen LogP contribution in [0.1, 0.15) is 20.3 Å². The summed E-state index contributed by atoms with van der Waals surface area (Å²) >= 11 is -0.415. The summed E-state index contributed by atoms with van der Waals surface area (Å²) in [5, 5.41) is 18.7. The second-order valence-corrected chi connectivity index (χ2v) is 4.51. The quantitative estimate of drug-likeness (QED) is 0.761.